The lowest BCUT2D eigenvalue weighted by Crippen LogP contribution is -2.41. The van der Waals surface area contributed by atoms with Crippen molar-refractivity contribution in [1.29, 1.82) is 0 Å². The van der Waals surface area contributed by atoms with Crippen LogP contribution in [0.3, 0.4) is 0 Å². The smallest absolute Gasteiger partial charge is 0.323 e. The fraction of sp³-hybridized carbons (Fsp3) is 0.391. The van der Waals surface area contributed by atoms with E-state index in [9.17, 15) is 9.90 Å². The van der Waals surface area contributed by atoms with E-state index >= 15 is 0 Å². The summed E-state index contributed by atoms with van der Waals surface area (Å²) in [5.74, 6) is 0.758. The van der Waals surface area contributed by atoms with Crippen LogP contribution in [0.15, 0.2) is 36.8 Å². The number of hydrogen-bond acceptors (Lipinski definition) is 9. The minimum Gasteiger partial charge on any atom is -0.492 e. The number of nitrogens with one attached hydrogen (secondary N) is 1. The molecule has 0 bridgehead atoms. The number of aromatic nitrogens is 3. The standard InChI is InChI=1S/C23H27N5O4/c24-16-10-18-19(26-13-16)6-5-17(15-11-27-21(14-29)28-12-15)22(18)31-8-3-9-32-23(30)20-4-1-2-7-25-20/h5-6,10-13,20,25,29H,1-4,7-9,14,24H2. The number of piperidine rings is 1. The van der Waals surface area contributed by atoms with Crippen molar-refractivity contribution in [2.45, 2.75) is 38.3 Å². The van der Waals surface area contributed by atoms with Crippen LogP contribution in [0.2, 0.25) is 0 Å². The molecule has 1 aromatic carbocycles. The van der Waals surface area contributed by atoms with Crippen molar-refractivity contribution in [2.75, 3.05) is 25.5 Å². The van der Waals surface area contributed by atoms with Crippen molar-refractivity contribution >= 4 is 22.6 Å². The Bertz CT molecular complexity index is 1070. The fourth-order valence-electron chi connectivity index (χ4n) is 3.71. The maximum absolute atomic E-state index is 12.2. The summed E-state index contributed by atoms with van der Waals surface area (Å²) in [5.41, 5.74) is 8.78. The van der Waals surface area contributed by atoms with Crippen LogP contribution in [0.4, 0.5) is 5.69 Å². The first kappa shape index (κ1) is 21.9. The summed E-state index contributed by atoms with van der Waals surface area (Å²) in [7, 11) is 0. The molecule has 0 radical (unpaired) electrons. The van der Waals surface area contributed by atoms with Gasteiger partial charge in [0.05, 0.1) is 30.6 Å². The summed E-state index contributed by atoms with van der Waals surface area (Å²) in [6, 6.07) is 5.40. The molecule has 2 aromatic heterocycles. The molecular weight excluding hydrogens is 410 g/mol. The Hall–Kier alpha value is -3.30. The number of anilines is 1. The summed E-state index contributed by atoms with van der Waals surface area (Å²) in [5, 5.41) is 13.2. The number of aliphatic hydroxyl groups excluding tert-OH is 1. The quantitative estimate of drug-likeness (QED) is 0.358. The number of ether oxygens (including phenoxy) is 2. The molecule has 3 heterocycles. The van der Waals surface area contributed by atoms with Gasteiger partial charge in [0.15, 0.2) is 5.82 Å². The average Bonchev–Trinajstić information content (AvgIpc) is 2.84. The Kier molecular flexibility index (Phi) is 7.08. The van der Waals surface area contributed by atoms with Crippen molar-refractivity contribution in [3.8, 4) is 16.9 Å². The first-order valence-electron chi connectivity index (χ1n) is 10.8. The molecule has 0 saturated carbocycles. The SMILES string of the molecule is Nc1cnc2ccc(-c3cnc(CO)nc3)c(OCCCOC(=O)C3CCCCN3)c2c1. The zero-order valence-corrected chi connectivity index (χ0v) is 17.8. The van der Waals surface area contributed by atoms with Gasteiger partial charge in [-0.3, -0.25) is 9.78 Å². The Morgan fingerprint density at radius 2 is 2.00 bits per heavy atom. The van der Waals surface area contributed by atoms with Gasteiger partial charge < -0.3 is 25.6 Å². The van der Waals surface area contributed by atoms with Crippen molar-refractivity contribution in [3.63, 3.8) is 0 Å². The molecule has 168 valence electrons. The van der Waals surface area contributed by atoms with Gasteiger partial charge in [-0.05, 0) is 37.6 Å². The number of esters is 1. The van der Waals surface area contributed by atoms with Crippen LogP contribution in [0.25, 0.3) is 22.0 Å². The number of carbonyl (C=O) groups excluding carboxylic acids is 1. The zero-order chi connectivity index (χ0) is 22.3. The largest absolute Gasteiger partial charge is 0.492 e. The van der Waals surface area contributed by atoms with Gasteiger partial charge in [0, 0.05) is 35.3 Å². The van der Waals surface area contributed by atoms with Crippen LogP contribution < -0.4 is 15.8 Å². The minimum absolute atomic E-state index is 0.200. The van der Waals surface area contributed by atoms with E-state index in [0.717, 1.165) is 47.8 Å². The van der Waals surface area contributed by atoms with Crippen LogP contribution in [0, 0.1) is 0 Å². The molecule has 1 aliphatic rings. The maximum Gasteiger partial charge on any atom is 0.323 e. The molecule has 0 amide bonds. The number of fused-ring (bicyclic) bond motifs is 1. The third-order valence-electron chi connectivity index (χ3n) is 5.37. The topological polar surface area (TPSA) is 132 Å². The highest BCUT2D eigenvalue weighted by molar-refractivity contribution is 5.94. The van der Waals surface area contributed by atoms with Crippen LogP contribution in [0.1, 0.15) is 31.5 Å². The molecular formula is C23H27N5O4. The Morgan fingerprint density at radius 3 is 2.75 bits per heavy atom. The third kappa shape index (κ3) is 5.12. The van der Waals surface area contributed by atoms with E-state index < -0.39 is 0 Å². The predicted octanol–water partition coefficient (Wildman–Crippen LogP) is 2.22. The van der Waals surface area contributed by atoms with E-state index in [-0.39, 0.29) is 25.2 Å². The number of nitrogen functional groups attached to an aromatic ring is 1. The van der Waals surface area contributed by atoms with Crippen molar-refractivity contribution in [3.05, 3.63) is 42.6 Å². The minimum atomic E-state index is -0.225. The predicted molar refractivity (Wildman–Crippen MR) is 120 cm³/mol. The molecule has 3 aromatic rings. The number of hydrogen-bond donors (Lipinski definition) is 3. The summed E-state index contributed by atoms with van der Waals surface area (Å²) < 4.78 is 11.5. The first-order chi connectivity index (χ1) is 15.7. The van der Waals surface area contributed by atoms with Gasteiger partial charge >= 0.3 is 5.97 Å². The monoisotopic (exact) mass is 437 g/mol. The lowest BCUT2D eigenvalue weighted by molar-refractivity contribution is -0.147. The van der Waals surface area contributed by atoms with Gasteiger partial charge in [-0.1, -0.05) is 6.42 Å². The molecule has 9 heteroatoms. The molecule has 0 aliphatic carbocycles. The molecule has 1 aliphatic heterocycles. The number of rotatable bonds is 8. The highest BCUT2D eigenvalue weighted by atomic mass is 16.5. The second kappa shape index (κ2) is 10.3. The highest BCUT2D eigenvalue weighted by Crippen LogP contribution is 2.36. The maximum atomic E-state index is 12.2. The summed E-state index contributed by atoms with van der Waals surface area (Å²) >= 11 is 0. The molecule has 1 saturated heterocycles. The van der Waals surface area contributed by atoms with Crippen molar-refractivity contribution < 1.29 is 19.4 Å². The lowest BCUT2D eigenvalue weighted by Gasteiger charge is -2.21. The van der Waals surface area contributed by atoms with Gasteiger partial charge in [0.2, 0.25) is 0 Å². The lowest BCUT2D eigenvalue weighted by atomic mass is 10.0. The van der Waals surface area contributed by atoms with E-state index in [4.69, 9.17) is 15.2 Å². The van der Waals surface area contributed by atoms with Gasteiger partial charge in [-0.25, -0.2) is 9.97 Å². The normalized spacial score (nSPS) is 16.1. The van der Waals surface area contributed by atoms with E-state index in [1.165, 1.54) is 0 Å². The number of aliphatic hydroxyl groups is 1. The van der Waals surface area contributed by atoms with E-state index in [1.807, 2.05) is 18.2 Å². The Morgan fingerprint density at radius 1 is 1.16 bits per heavy atom. The molecule has 1 atom stereocenters. The zero-order valence-electron chi connectivity index (χ0n) is 17.8. The number of benzene rings is 1. The van der Waals surface area contributed by atoms with Gasteiger partial charge in [0.1, 0.15) is 18.4 Å². The molecule has 1 unspecified atom stereocenters. The number of carbonyl (C=O) groups is 1. The molecule has 32 heavy (non-hydrogen) atoms. The van der Waals surface area contributed by atoms with Gasteiger partial charge in [-0.15, -0.1) is 0 Å². The van der Waals surface area contributed by atoms with Crippen LogP contribution in [-0.2, 0) is 16.1 Å². The number of nitrogens with two attached hydrogens (primary N) is 1. The second-order valence-corrected chi connectivity index (χ2v) is 7.70. The van der Waals surface area contributed by atoms with E-state index in [1.54, 1.807) is 18.6 Å². The Labute approximate surface area is 186 Å². The van der Waals surface area contributed by atoms with Crippen LogP contribution in [0.5, 0.6) is 5.75 Å². The Balaban J connectivity index is 1.47. The molecule has 9 nitrogen and oxygen atoms in total. The van der Waals surface area contributed by atoms with Crippen molar-refractivity contribution in [2.24, 2.45) is 0 Å². The summed E-state index contributed by atoms with van der Waals surface area (Å²) in [6.45, 7) is 1.26. The summed E-state index contributed by atoms with van der Waals surface area (Å²) in [6.07, 6.45) is 8.39. The highest BCUT2D eigenvalue weighted by Gasteiger charge is 2.21. The summed E-state index contributed by atoms with van der Waals surface area (Å²) in [4.78, 5) is 24.9. The van der Waals surface area contributed by atoms with E-state index in [0.29, 0.717) is 30.3 Å². The molecule has 4 N–H and O–H groups in total. The second-order valence-electron chi connectivity index (χ2n) is 7.70. The molecule has 0 spiro atoms. The number of nitrogens with zero attached hydrogens (tertiary/aromatic N) is 3. The first-order valence-corrected chi connectivity index (χ1v) is 10.8. The average molecular weight is 438 g/mol. The third-order valence-corrected chi connectivity index (χ3v) is 5.37. The van der Waals surface area contributed by atoms with Crippen LogP contribution >= 0.6 is 0 Å². The van der Waals surface area contributed by atoms with Gasteiger partial charge in [0.25, 0.3) is 0 Å². The van der Waals surface area contributed by atoms with Crippen molar-refractivity contribution in [1.82, 2.24) is 20.3 Å². The fourth-order valence-corrected chi connectivity index (χ4v) is 3.71. The number of pyridine rings is 1. The van der Waals surface area contributed by atoms with Gasteiger partial charge in [-0.2, -0.15) is 0 Å². The van der Waals surface area contributed by atoms with Crippen LogP contribution in [-0.4, -0.2) is 51.8 Å². The molecule has 1 fully saturated rings. The van der Waals surface area contributed by atoms with E-state index in [2.05, 4.69) is 20.3 Å². The molecule has 4 rings (SSSR count).